The number of rotatable bonds is 9. The minimum atomic E-state index is -0.447. The van der Waals surface area contributed by atoms with Gasteiger partial charge in [-0.2, -0.15) is 0 Å². The molecule has 8 nitrogen and oxygen atoms in total. The summed E-state index contributed by atoms with van der Waals surface area (Å²) >= 11 is 6.04. The van der Waals surface area contributed by atoms with E-state index in [-0.39, 0.29) is 17.8 Å². The van der Waals surface area contributed by atoms with E-state index in [0.29, 0.717) is 28.0 Å². The van der Waals surface area contributed by atoms with Gasteiger partial charge in [0.1, 0.15) is 10.8 Å². The molecule has 0 fully saturated rings. The number of aromatic nitrogens is 3. The summed E-state index contributed by atoms with van der Waals surface area (Å²) in [4.78, 5) is 25.8. The predicted octanol–water partition coefficient (Wildman–Crippen LogP) is 5.17. The average molecular weight is 554 g/mol. The first-order valence-corrected chi connectivity index (χ1v) is 12.8. The highest BCUT2D eigenvalue weighted by Gasteiger charge is 2.23. The SMILES string of the molecule is CCc1c(C)sc(NC(=O)CSc2nnc(C(C)Oc3ccc(Br)cc3)n2C)c1C(=O)OC. The standard InChI is InChI=1S/C22H25BrN4O4S2/c1-6-16-13(3)33-20(18(16)21(29)30-5)24-17(28)11-32-22-26-25-19(27(22)4)12(2)31-15-9-7-14(23)8-10-15/h7-10,12H,6,11H2,1-5H3,(H,24,28). The lowest BCUT2D eigenvalue weighted by atomic mass is 10.1. The summed E-state index contributed by atoms with van der Waals surface area (Å²) in [6.45, 7) is 5.79. The number of carbonyl (C=O) groups excluding carboxylic acids is 2. The van der Waals surface area contributed by atoms with E-state index in [0.717, 1.165) is 20.7 Å². The maximum Gasteiger partial charge on any atom is 0.341 e. The number of amides is 1. The molecule has 0 bridgehead atoms. The molecule has 0 aliphatic carbocycles. The van der Waals surface area contributed by atoms with Gasteiger partial charge in [0.25, 0.3) is 0 Å². The van der Waals surface area contributed by atoms with Crippen molar-refractivity contribution in [2.75, 3.05) is 18.2 Å². The number of methoxy groups -OCH3 is 1. The number of thiophene rings is 1. The van der Waals surface area contributed by atoms with E-state index in [1.165, 1.54) is 30.2 Å². The maximum atomic E-state index is 12.6. The van der Waals surface area contributed by atoms with Crippen molar-refractivity contribution in [2.45, 2.75) is 38.5 Å². The fraction of sp³-hybridized carbons (Fsp3) is 0.364. The van der Waals surface area contributed by atoms with Crippen LogP contribution in [0.4, 0.5) is 5.00 Å². The maximum absolute atomic E-state index is 12.6. The first kappa shape index (κ1) is 25.3. The largest absolute Gasteiger partial charge is 0.483 e. The Balaban J connectivity index is 1.64. The Kier molecular flexibility index (Phi) is 8.55. The third-order valence-corrected chi connectivity index (χ3v) is 7.51. The molecule has 176 valence electrons. The molecule has 1 unspecified atom stereocenters. The number of nitrogens with zero attached hydrogens (tertiary/aromatic N) is 3. The Bertz CT molecular complexity index is 1140. The topological polar surface area (TPSA) is 95.3 Å². The molecule has 33 heavy (non-hydrogen) atoms. The molecular weight excluding hydrogens is 528 g/mol. The number of aryl methyl sites for hydroxylation is 1. The van der Waals surface area contributed by atoms with Crippen molar-refractivity contribution >= 4 is 55.9 Å². The van der Waals surface area contributed by atoms with Crippen LogP contribution in [0, 0.1) is 6.92 Å². The second kappa shape index (κ2) is 11.2. The molecule has 0 saturated heterocycles. The Labute approximate surface area is 209 Å². The van der Waals surface area contributed by atoms with Gasteiger partial charge in [-0.15, -0.1) is 21.5 Å². The molecule has 0 radical (unpaired) electrons. The Morgan fingerprint density at radius 2 is 1.97 bits per heavy atom. The molecule has 3 aromatic rings. The van der Waals surface area contributed by atoms with Crippen LogP contribution < -0.4 is 10.1 Å². The van der Waals surface area contributed by atoms with E-state index in [1.54, 1.807) is 0 Å². The van der Waals surface area contributed by atoms with Gasteiger partial charge in [0.15, 0.2) is 17.1 Å². The van der Waals surface area contributed by atoms with Crippen molar-refractivity contribution < 1.29 is 19.1 Å². The highest BCUT2D eigenvalue weighted by Crippen LogP contribution is 2.34. The lowest BCUT2D eigenvalue weighted by molar-refractivity contribution is -0.113. The number of halogens is 1. The normalized spacial score (nSPS) is 11.8. The summed E-state index contributed by atoms with van der Waals surface area (Å²) in [7, 11) is 3.17. The van der Waals surface area contributed by atoms with Crippen molar-refractivity contribution in [3.63, 3.8) is 0 Å². The Morgan fingerprint density at radius 1 is 1.27 bits per heavy atom. The number of anilines is 1. The highest BCUT2D eigenvalue weighted by molar-refractivity contribution is 9.10. The van der Waals surface area contributed by atoms with E-state index < -0.39 is 5.97 Å². The fourth-order valence-corrected chi connectivity index (χ4v) is 5.41. The van der Waals surface area contributed by atoms with Gasteiger partial charge in [0.05, 0.1) is 18.4 Å². The second-order valence-electron chi connectivity index (χ2n) is 7.14. The van der Waals surface area contributed by atoms with Crippen LogP contribution >= 0.6 is 39.0 Å². The third-order valence-electron chi connectivity index (χ3n) is 4.90. The van der Waals surface area contributed by atoms with Gasteiger partial charge in [0.2, 0.25) is 5.91 Å². The van der Waals surface area contributed by atoms with Crippen LogP contribution in [0.2, 0.25) is 0 Å². The zero-order valence-corrected chi connectivity index (χ0v) is 22.2. The van der Waals surface area contributed by atoms with Gasteiger partial charge >= 0.3 is 5.97 Å². The summed E-state index contributed by atoms with van der Waals surface area (Å²) in [6.07, 6.45) is 0.357. The third kappa shape index (κ3) is 5.96. The van der Waals surface area contributed by atoms with E-state index in [2.05, 4.69) is 31.4 Å². The van der Waals surface area contributed by atoms with Gasteiger partial charge in [-0.3, -0.25) is 4.79 Å². The molecule has 2 heterocycles. The summed E-state index contributed by atoms with van der Waals surface area (Å²) in [5, 5.41) is 12.4. The van der Waals surface area contributed by atoms with Crippen LogP contribution in [0.15, 0.2) is 33.9 Å². The number of ether oxygens (including phenoxy) is 2. The zero-order valence-electron chi connectivity index (χ0n) is 19.0. The minimum Gasteiger partial charge on any atom is -0.483 e. The molecule has 0 saturated carbocycles. The van der Waals surface area contributed by atoms with Gasteiger partial charge in [-0.1, -0.05) is 34.6 Å². The summed E-state index contributed by atoms with van der Waals surface area (Å²) < 4.78 is 13.6. The molecule has 0 spiro atoms. The molecule has 1 aromatic carbocycles. The number of hydrogen-bond acceptors (Lipinski definition) is 8. The smallest absolute Gasteiger partial charge is 0.341 e. The second-order valence-corrected chi connectivity index (χ2v) is 10.2. The number of carbonyl (C=O) groups is 2. The summed E-state index contributed by atoms with van der Waals surface area (Å²) in [6, 6.07) is 7.55. The van der Waals surface area contributed by atoms with Crippen molar-refractivity contribution in [1.29, 1.82) is 0 Å². The quantitative estimate of drug-likeness (QED) is 0.289. The molecule has 1 atom stereocenters. The minimum absolute atomic E-state index is 0.118. The number of esters is 1. The molecule has 3 rings (SSSR count). The summed E-state index contributed by atoms with van der Waals surface area (Å²) in [5.74, 6) is 0.804. The highest BCUT2D eigenvalue weighted by atomic mass is 79.9. The van der Waals surface area contributed by atoms with Crippen LogP contribution in [0.5, 0.6) is 5.75 Å². The lowest BCUT2D eigenvalue weighted by Crippen LogP contribution is -2.16. The Hall–Kier alpha value is -2.37. The van der Waals surface area contributed by atoms with E-state index in [1.807, 2.05) is 56.7 Å². The van der Waals surface area contributed by atoms with Gasteiger partial charge in [0, 0.05) is 16.4 Å². The van der Waals surface area contributed by atoms with Crippen molar-refractivity contribution in [2.24, 2.45) is 7.05 Å². The van der Waals surface area contributed by atoms with Crippen LogP contribution in [-0.4, -0.2) is 39.5 Å². The number of benzene rings is 1. The Morgan fingerprint density at radius 3 is 2.61 bits per heavy atom. The summed E-state index contributed by atoms with van der Waals surface area (Å²) in [5.41, 5.74) is 1.33. The lowest BCUT2D eigenvalue weighted by Gasteiger charge is -2.14. The molecule has 1 N–H and O–H groups in total. The van der Waals surface area contributed by atoms with E-state index in [9.17, 15) is 9.59 Å². The van der Waals surface area contributed by atoms with Gasteiger partial charge in [-0.25, -0.2) is 4.79 Å². The van der Waals surface area contributed by atoms with Crippen molar-refractivity contribution in [3.8, 4) is 5.75 Å². The van der Waals surface area contributed by atoms with Crippen LogP contribution in [-0.2, 0) is 23.0 Å². The number of hydrogen-bond donors (Lipinski definition) is 1. The molecule has 2 aromatic heterocycles. The first-order chi connectivity index (χ1) is 15.7. The molecule has 11 heteroatoms. The van der Waals surface area contributed by atoms with Crippen molar-refractivity contribution in [1.82, 2.24) is 14.8 Å². The fourth-order valence-electron chi connectivity index (χ4n) is 3.28. The molecule has 0 aliphatic heterocycles. The van der Waals surface area contributed by atoms with Crippen molar-refractivity contribution in [3.05, 3.63) is 50.6 Å². The van der Waals surface area contributed by atoms with Crippen LogP contribution in [0.1, 0.15) is 46.6 Å². The van der Waals surface area contributed by atoms with E-state index in [4.69, 9.17) is 9.47 Å². The first-order valence-electron chi connectivity index (χ1n) is 10.2. The van der Waals surface area contributed by atoms with Gasteiger partial charge in [-0.05, 0) is 50.1 Å². The van der Waals surface area contributed by atoms with Gasteiger partial charge < -0.3 is 19.4 Å². The van der Waals surface area contributed by atoms with Crippen LogP contribution in [0.3, 0.4) is 0 Å². The molecule has 0 aliphatic rings. The monoisotopic (exact) mass is 552 g/mol. The predicted molar refractivity (Wildman–Crippen MR) is 133 cm³/mol. The molecule has 1 amide bonds. The number of nitrogens with one attached hydrogen (secondary N) is 1. The van der Waals surface area contributed by atoms with Crippen LogP contribution in [0.25, 0.3) is 0 Å². The molecular formula is C22H25BrN4O4S2. The average Bonchev–Trinajstić information content (AvgIpc) is 3.31. The van der Waals surface area contributed by atoms with E-state index >= 15 is 0 Å². The zero-order chi connectivity index (χ0) is 24.1. The number of thioether (sulfide) groups is 1.